The van der Waals surface area contributed by atoms with Crippen molar-refractivity contribution in [3.05, 3.63) is 99.3 Å². The third-order valence-corrected chi connectivity index (χ3v) is 5.11. The van der Waals surface area contributed by atoms with Crippen LogP contribution in [0.2, 0.25) is 0 Å². The van der Waals surface area contributed by atoms with Crippen LogP contribution >= 0.6 is 15.9 Å². The maximum atomic E-state index is 9.69. The van der Waals surface area contributed by atoms with Crippen molar-refractivity contribution in [2.24, 2.45) is 5.16 Å². The molecule has 0 fully saturated rings. The van der Waals surface area contributed by atoms with Gasteiger partial charge in [0.05, 0.1) is 5.71 Å². The fourth-order valence-corrected chi connectivity index (χ4v) is 3.48. The molecule has 2 aromatic carbocycles. The molecule has 132 valence electrons. The molecule has 0 bridgehead atoms. The van der Waals surface area contributed by atoms with E-state index in [0.29, 0.717) is 12.1 Å². The minimum atomic E-state index is 0.101. The van der Waals surface area contributed by atoms with E-state index in [9.17, 15) is 5.21 Å². The van der Waals surface area contributed by atoms with Gasteiger partial charge in [0.2, 0.25) is 0 Å². The second-order valence-corrected chi connectivity index (χ2v) is 7.31. The Balaban J connectivity index is 2.03. The lowest BCUT2D eigenvalue weighted by atomic mass is 9.83. The molecule has 0 saturated heterocycles. The van der Waals surface area contributed by atoms with Crippen LogP contribution in [-0.2, 0) is 0 Å². The fourth-order valence-electron chi connectivity index (χ4n) is 3.22. The normalized spacial score (nSPS) is 12.8. The highest BCUT2D eigenvalue weighted by Gasteiger charge is 2.20. The Bertz CT molecular complexity index is 919. The number of hydrogen-bond donors (Lipinski definition) is 1. The summed E-state index contributed by atoms with van der Waals surface area (Å²) in [6.07, 6.45) is 2.35. The number of oxime groups is 1. The lowest BCUT2D eigenvalue weighted by molar-refractivity contribution is 0.317. The van der Waals surface area contributed by atoms with Crippen LogP contribution in [0, 0.1) is 13.8 Å². The van der Waals surface area contributed by atoms with Crippen LogP contribution in [0.1, 0.15) is 40.3 Å². The molecule has 0 amide bonds. The molecule has 0 aliphatic carbocycles. The average Bonchev–Trinajstić information content (AvgIpc) is 2.65. The minimum Gasteiger partial charge on any atom is -0.411 e. The lowest BCUT2D eigenvalue weighted by Crippen LogP contribution is -2.12. The van der Waals surface area contributed by atoms with E-state index in [2.05, 4.69) is 63.3 Å². The van der Waals surface area contributed by atoms with Crippen molar-refractivity contribution in [1.82, 2.24) is 4.98 Å². The van der Waals surface area contributed by atoms with Gasteiger partial charge in [-0.2, -0.15) is 0 Å². The summed E-state index contributed by atoms with van der Waals surface area (Å²) in [5, 5.41) is 13.3. The first-order valence-electron chi connectivity index (χ1n) is 8.53. The maximum Gasteiger partial charge on any atom is 0.0878 e. The van der Waals surface area contributed by atoms with E-state index in [4.69, 9.17) is 0 Å². The van der Waals surface area contributed by atoms with Crippen molar-refractivity contribution in [1.29, 1.82) is 0 Å². The number of rotatable bonds is 5. The molecule has 0 unspecified atom stereocenters. The second-order valence-electron chi connectivity index (χ2n) is 6.40. The van der Waals surface area contributed by atoms with Gasteiger partial charge >= 0.3 is 0 Å². The zero-order valence-corrected chi connectivity index (χ0v) is 16.4. The van der Waals surface area contributed by atoms with Crippen molar-refractivity contribution in [3.63, 3.8) is 0 Å². The Morgan fingerprint density at radius 2 is 1.81 bits per heavy atom. The number of nitrogens with zero attached hydrogens (tertiary/aromatic N) is 2. The molecular weight excluding hydrogens is 388 g/mol. The molecule has 1 aromatic heterocycles. The Morgan fingerprint density at radius 3 is 2.46 bits per heavy atom. The zero-order valence-electron chi connectivity index (χ0n) is 14.9. The fraction of sp³-hybridized carbons (Fsp3) is 0.182. The van der Waals surface area contributed by atoms with Crippen molar-refractivity contribution < 1.29 is 5.21 Å². The van der Waals surface area contributed by atoms with Gasteiger partial charge < -0.3 is 5.21 Å². The van der Waals surface area contributed by atoms with Gasteiger partial charge in [0.15, 0.2) is 0 Å². The number of halogens is 1. The largest absolute Gasteiger partial charge is 0.411 e. The Labute approximate surface area is 162 Å². The standard InChI is InChI=1S/C22H21BrN2O/c1-15-5-3-4-6-20(15)21(17-7-9-19(23)10-8-17)14-22(25-26)18-11-12-24-16(2)13-18/h3-13,21,26H,14H2,1-2H3/b25-22+/t21-/m1/s1. The van der Waals surface area contributed by atoms with Crippen LogP contribution in [0.15, 0.2) is 76.5 Å². The number of pyridine rings is 1. The Hall–Kier alpha value is -2.46. The molecule has 0 saturated carbocycles. The van der Waals surface area contributed by atoms with E-state index in [1.165, 1.54) is 16.7 Å². The lowest BCUT2D eigenvalue weighted by Gasteiger charge is -2.21. The molecule has 26 heavy (non-hydrogen) atoms. The predicted octanol–water partition coefficient (Wildman–Crippen LogP) is 5.86. The number of aryl methyl sites for hydroxylation is 2. The van der Waals surface area contributed by atoms with Crippen LogP contribution in [0.5, 0.6) is 0 Å². The maximum absolute atomic E-state index is 9.69. The predicted molar refractivity (Wildman–Crippen MR) is 109 cm³/mol. The number of hydrogen-bond acceptors (Lipinski definition) is 3. The van der Waals surface area contributed by atoms with Gasteiger partial charge in [0.25, 0.3) is 0 Å². The first kappa shape index (κ1) is 18.3. The summed E-state index contributed by atoms with van der Waals surface area (Å²) in [5.74, 6) is 0.101. The highest BCUT2D eigenvalue weighted by Crippen LogP contribution is 2.32. The SMILES string of the molecule is Cc1cc(/C(C[C@H](c2ccc(Br)cc2)c2ccccc2C)=N/O)ccn1. The van der Waals surface area contributed by atoms with Gasteiger partial charge in [-0.3, -0.25) is 4.98 Å². The molecular formula is C22H21BrN2O. The van der Waals surface area contributed by atoms with Crippen molar-refractivity contribution >= 4 is 21.6 Å². The molecule has 3 rings (SSSR count). The van der Waals surface area contributed by atoms with Crippen molar-refractivity contribution in [2.45, 2.75) is 26.2 Å². The summed E-state index contributed by atoms with van der Waals surface area (Å²) >= 11 is 3.50. The van der Waals surface area contributed by atoms with Gasteiger partial charge in [-0.25, -0.2) is 0 Å². The first-order valence-corrected chi connectivity index (χ1v) is 9.32. The third kappa shape index (κ3) is 4.20. The molecule has 3 nitrogen and oxygen atoms in total. The van der Waals surface area contributed by atoms with Gasteiger partial charge in [0, 0.05) is 34.3 Å². The van der Waals surface area contributed by atoms with Gasteiger partial charge in [0.1, 0.15) is 0 Å². The zero-order chi connectivity index (χ0) is 18.5. The van der Waals surface area contributed by atoms with Crippen LogP contribution in [0.3, 0.4) is 0 Å². The van der Waals surface area contributed by atoms with E-state index < -0.39 is 0 Å². The summed E-state index contributed by atoms with van der Waals surface area (Å²) in [6, 6.07) is 20.5. The number of benzene rings is 2. The minimum absolute atomic E-state index is 0.101. The van der Waals surface area contributed by atoms with E-state index in [1.54, 1.807) is 6.20 Å². The van der Waals surface area contributed by atoms with Crippen LogP contribution in [-0.4, -0.2) is 15.9 Å². The van der Waals surface area contributed by atoms with Crippen molar-refractivity contribution in [2.75, 3.05) is 0 Å². The Kier molecular flexibility index (Phi) is 5.84. The summed E-state index contributed by atoms with van der Waals surface area (Å²) in [6.45, 7) is 4.06. The second kappa shape index (κ2) is 8.28. The van der Waals surface area contributed by atoms with Gasteiger partial charge in [-0.1, -0.05) is 57.5 Å². The molecule has 0 spiro atoms. The number of aromatic nitrogens is 1. The molecule has 0 radical (unpaired) electrons. The van der Waals surface area contributed by atoms with E-state index in [0.717, 1.165) is 15.7 Å². The third-order valence-electron chi connectivity index (χ3n) is 4.58. The molecule has 0 aliphatic rings. The Morgan fingerprint density at radius 1 is 1.08 bits per heavy atom. The molecule has 1 atom stereocenters. The molecule has 3 aromatic rings. The van der Waals surface area contributed by atoms with E-state index >= 15 is 0 Å². The quantitative estimate of drug-likeness (QED) is 0.326. The monoisotopic (exact) mass is 408 g/mol. The van der Waals surface area contributed by atoms with E-state index in [-0.39, 0.29) is 5.92 Å². The van der Waals surface area contributed by atoms with Crippen molar-refractivity contribution in [3.8, 4) is 0 Å². The summed E-state index contributed by atoms with van der Waals surface area (Å²) in [7, 11) is 0. The average molecular weight is 409 g/mol. The summed E-state index contributed by atoms with van der Waals surface area (Å²) < 4.78 is 1.05. The first-order chi connectivity index (χ1) is 12.6. The van der Waals surface area contributed by atoms with Gasteiger partial charge in [-0.15, -0.1) is 0 Å². The summed E-state index contributed by atoms with van der Waals surface area (Å²) in [4.78, 5) is 4.23. The topological polar surface area (TPSA) is 45.5 Å². The summed E-state index contributed by atoms with van der Waals surface area (Å²) in [5.41, 5.74) is 6.11. The van der Waals surface area contributed by atoms with E-state index in [1.807, 2.05) is 37.3 Å². The molecule has 0 aliphatic heterocycles. The molecule has 1 heterocycles. The smallest absolute Gasteiger partial charge is 0.0878 e. The molecule has 4 heteroatoms. The van der Waals surface area contributed by atoms with Crippen LogP contribution < -0.4 is 0 Å². The van der Waals surface area contributed by atoms with Crippen LogP contribution in [0.4, 0.5) is 0 Å². The van der Waals surface area contributed by atoms with Crippen LogP contribution in [0.25, 0.3) is 0 Å². The highest BCUT2D eigenvalue weighted by atomic mass is 79.9. The molecule has 1 N–H and O–H groups in total. The van der Waals surface area contributed by atoms with Gasteiger partial charge in [-0.05, 0) is 54.8 Å². The highest BCUT2D eigenvalue weighted by molar-refractivity contribution is 9.10.